The molecule has 2 N–H and O–H groups in total. The van der Waals surface area contributed by atoms with Crippen molar-refractivity contribution in [3.05, 3.63) is 46.1 Å². The Bertz CT molecular complexity index is 1040. The van der Waals surface area contributed by atoms with E-state index in [0.717, 1.165) is 43.4 Å². The molecular formula is C18H17N5O3. The van der Waals surface area contributed by atoms with Crippen molar-refractivity contribution in [2.75, 3.05) is 5.32 Å². The topological polar surface area (TPSA) is 106 Å². The van der Waals surface area contributed by atoms with Crippen molar-refractivity contribution in [3.8, 4) is 17.4 Å². The van der Waals surface area contributed by atoms with E-state index in [1.807, 2.05) is 0 Å². The van der Waals surface area contributed by atoms with Gasteiger partial charge in [-0.05, 0) is 44.2 Å². The maximum Gasteiger partial charge on any atom is 0.255 e. The lowest BCUT2D eigenvalue weighted by Crippen LogP contribution is -2.21. The highest BCUT2D eigenvalue weighted by Gasteiger charge is 2.31. The fraction of sp³-hybridized carbons (Fsp3) is 0.333. The normalized spacial score (nSPS) is 15.8. The number of aromatic nitrogens is 4. The van der Waals surface area contributed by atoms with Gasteiger partial charge in [-0.1, -0.05) is 0 Å². The first-order valence-corrected chi connectivity index (χ1v) is 8.76. The maximum absolute atomic E-state index is 12.3. The number of carbonyl (C=O) groups excluding carboxylic acids is 1. The lowest BCUT2D eigenvalue weighted by atomic mass is 10.3. The molecule has 0 bridgehead atoms. The molecule has 8 nitrogen and oxygen atoms in total. The van der Waals surface area contributed by atoms with E-state index in [4.69, 9.17) is 4.42 Å². The van der Waals surface area contributed by atoms with Gasteiger partial charge in [0.15, 0.2) is 5.76 Å². The molecule has 0 radical (unpaired) electrons. The van der Waals surface area contributed by atoms with Crippen LogP contribution in [0.1, 0.15) is 30.5 Å². The molecule has 0 atom stereocenters. The van der Waals surface area contributed by atoms with Crippen molar-refractivity contribution in [2.24, 2.45) is 5.92 Å². The number of carbonyl (C=O) groups is 1. The third-order valence-electron chi connectivity index (χ3n) is 4.81. The van der Waals surface area contributed by atoms with E-state index in [1.165, 1.54) is 4.68 Å². The van der Waals surface area contributed by atoms with E-state index in [-0.39, 0.29) is 17.4 Å². The van der Waals surface area contributed by atoms with E-state index in [2.05, 4.69) is 20.4 Å². The smallest absolute Gasteiger partial charge is 0.255 e. The van der Waals surface area contributed by atoms with Gasteiger partial charge in [0.25, 0.3) is 5.56 Å². The molecule has 0 unspecified atom stereocenters. The molecule has 1 fully saturated rings. The largest absolute Gasteiger partial charge is 0.463 e. The highest BCUT2D eigenvalue weighted by molar-refractivity contribution is 5.94. The highest BCUT2D eigenvalue weighted by Crippen LogP contribution is 2.31. The summed E-state index contributed by atoms with van der Waals surface area (Å²) in [6.45, 7) is 0. The maximum atomic E-state index is 12.3. The number of anilines is 1. The summed E-state index contributed by atoms with van der Waals surface area (Å²) in [6.07, 6.45) is 5.82. The second-order valence-electron chi connectivity index (χ2n) is 6.74. The molecule has 3 aromatic rings. The van der Waals surface area contributed by atoms with Gasteiger partial charge in [0, 0.05) is 17.5 Å². The number of hydrogen-bond donors (Lipinski definition) is 2. The van der Waals surface area contributed by atoms with E-state index >= 15 is 0 Å². The quantitative estimate of drug-likeness (QED) is 0.748. The van der Waals surface area contributed by atoms with Gasteiger partial charge >= 0.3 is 0 Å². The third-order valence-corrected chi connectivity index (χ3v) is 4.81. The molecule has 132 valence electrons. The number of rotatable bonds is 4. The molecule has 2 aliphatic carbocycles. The molecule has 0 aliphatic heterocycles. The van der Waals surface area contributed by atoms with Gasteiger partial charge in [0.05, 0.1) is 12.0 Å². The zero-order valence-electron chi connectivity index (χ0n) is 14.0. The predicted octanol–water partition coefficient (Wildman–Crippen LogP) is 2.05. The first-order valence-electron chi connectivity index (χ1n) is 8.76. The summed E-state index contributed by atoms with van der Waals surface area (Å²) in [4.78, 5) is 32.0. The lowest BCUT2D eigenvalue weighted by Gasteiger charge is -2.08. The Morgan fingerprint density at radius 3 is 3.00 bits per heavy atom. The summed E-state index contributed by atoms with van der Waals surface area (Å²) in [5.74, 6) is 1.36. The number of nitrogens with one attached hydrogen (secondary N) is 2. The van der Waals surface area contributed by atoms with Gasteiger partial charge in [0.1, 0.15) is 11.5 Å². The Hall–Kier alpha value is -3.16. The van der Waals surface area contributed by atoms with Crippen LogP contribution in [0.15, 0.2) is 33.7 Å². The van der Waals surface area contributed by atoms with Gasteiger partial charge in [-0.2, -0.15) is 9.78 Å². The summed E-state index contributed by atoms with van der Waals surface area (Å²) in [5.41, 5.74) is 1.97. The summed E-state index contributed by atoms with van der Waals surface area (Å²) >= 11 is 0. The van der Waals surface area contributed by atoms with Crippen molar-refractivity contribution in [3.63, 3.8) is 0 Å². The number of aromatic amines is 1. The molecular weight excluding hydrogens is 334 g/mol. The van der Waals surface area contributed by atoms with Crippen LogP contribution in [0.3, 0.4) is 0 Å². The summed E-state index contributed by atoms with van der Waals surface area (Å²) in [5, 5.41) is 7.40. The third kappa shape index (κ3) is 2.54. The molecule has 3 aromatic heterocycles. The first kappa shape index (κ1) is 15.1. The molecule has 1 amide bonds. The highest BCUT2D eigenvalue weighted by atomic mass is 16.3. The molecule has 3 heterocycles. The zero-order valence-corrected chi connectivity index (χ0v) is 14.0. The van der Waals surface area contributed by atoms with Crippen LogP contribution >= 0.6 is 0 Å². The zero-order chi connectivity index (χ0) is 17.7. The Kier molecular flexibility index (Phi) is 3.31. The van der Waals surface area contributed by atoms with Gasteiger partial charge in [0.2, 0.25) is 11.9 Å². The number of aryl methyl sites for hydroxylation is 1. The number of hydrogen-bond acceptors (Lipinski definition) is 5. The van der Waals surface area contributed by atoms with Crippen LogP contribution in [0.5, 0.6) is 0 Å². The van der Waals surface area contributed by atoms with Crippen molar-refractivity contribution < 1.29 is 9.21 Å². The number of nitrogens with zero attached hydrogens (tertiary/aromatic N) is 3. The van der Waals surface area contributed by atoms with Crippen LogP contribution in [-0.2, 0) is 17.6 Å². The fourth-order valence-corrected chi connectivity index (χ4v) is 3.28. The minimum atomic E-state index is -0.142. The Morgan fingerprint density at radius 1 is 1.35 bits per heavy atom. The number of fused-ring (bicyclic) bond motifs is 1. The summed E-state index contributed by atoms with van der Waals surface area (Å²) < 4.78 is 6.88. The van der Waals surface area contributed by atoms with Crippen LogP contribution in [0.2, 0.25) is 0 Å². The van der Waals surface area contributed by atoms with Crippen LogP contribution in [-0.4, -0.2) is 25.7 Å². The Morgan fingerprint density at radius 2 is 2.23 bits per heavy atom. The van der Waals surface area contributed by atoms with Gasteiger partial charge in [-0.15, -0.1) is 0 Å². The van der Waals surface area contributed by atoms with Crippen molar-refractivity contribution in [1.29, 1.82) is 0 Å². The summed E-state index contributed by atoms with van der Waals surface area (Å²) in [7, 11) is 0. The summed E-state index contributed by atoms with van der Waals surface area (Å²) in [6, 6.07) is 5.29. The molecule has 0 spiro atoms. The molecule has 5 rings (SSSR count). The van der Waals surface area contributed by atoms with Crippen molar-refractivity contribution in [2.45, 2.75) is 32.1 Å². The van der Waals surface area contributed by atoms with Crippen molar-refractivity contribution >= 4 is 11.7 Å². The van der Waals surface area contributed by atoms with E-state index in [0.29, 0.717) is 23.2 Å². The van der Waals surface area contributed by atoms with Crippen LogP contribution in [0, 0.1) is 5.92 Å². The van der Waals surface area contributed by atoms with E-state index < -0.39 is 0 Å². The minimum absolute atomic E-state index is 0.0411. The van der Waals surface area contributed by atoms with Crippen molar-refractivity contribution in [1.82, 2.24) is 19.7 Å². The molecule has 26 heavy (non-hydrogen) atoms. The average Bonchev–Trinajstić information content (AvgIpc) is 3.03. The van der Waals surface area contributed by atoms with E-state index in [1.54, 1.807) is 24.5 Å². The molecule has 2 aliphatic rings. The first-order chi connectivity index (χ1) is 12.7. The van der Waals surface area contributed by atoms with Crippen LogP contribution in [0.25, 0.3) is 17.4 Å². The van der Waals surface area contributed by atoms with Crippen LogP contribution < -0.4 is 10.9 Å². The standard InChI is InChI=1S/C18H17N5O3/c24-16(10-6-7-10)20-15-9-13(14-5-2-8-26-14)22-23(15)18-19-12-4-1-3-11(12)17(25)21-18/h2,5,8-10H,1,3-4,6-7H2,(H,20,24)(H,19,21,25). The molecule has 1 saturated carbocycles. The lowest BCUT2D eigenvalue weighted by molar-refractivity contribution is -0.117. The Balaban J connectivity index is 1.61. The number of H-pyrrole nitrogens is 1. The van der Waals surface area contributed by atoms with Gasteiger partial charge in [-0.3, -0.25) is 14.6 Å². The second kappa shape index (κ2) is 5.69. The van der Waals surface area contributed by atoms with Gasteiger partial charge < -0.3 is 9.73 Å². The fourth-order valence-electron chi connectivity index (χ4n) is 3.28. The number of amides is 1. The molecule has 0 aromatic carbocycles. The monoisotopic (exact) mass is 351 g/mol. The Labute approximate surface area is 148 Å². The van der Waals surface area contributed by atoms with Crippen LogP contribution in [0.4, 0.5) is 5.82 Å². The molecule has 8 heteroatoms. The second-order valence-corrected chi connectivity index (χ2v) is 6.74. The van der Waals surface area contributed by atoms with Gasteiger partial charge in [-0.25, -0.2) is 4.98 Å². The minimum Gasteiger partial charge on any atom is -0.463 e. The predicted molar refractivity (Wildman–Crippen MR) is 93.1 cm³/mol. The van der Waals surface area contributed by atoms with E-state index in [9.17, 15) is 9.59 Å². The average molecular weight is 351 g/mol. The molecule has 0 saturated heterocycles. The number of furan rings is 1. The SMILES string of the molecule is O=C(Nc1cc(-c2ccco2)nn1-c1nc2c(c(=O)[nH]1)CCC2)C1CC1.